The van der Waals surface area contributed by atoms with Gasteiger partial charge in [0.05, 0.1) is 12.2 Å². The molecule has 1 aliphatic heterocycles. The van der Waals surface area contributed by atoms with E-state index >= 15 is 0 Å². The van der Waals surface area contributed by atoms with Crippen LogP contribution in [-0.2, 0) is 0 Å². The van der Waals surface area contributed by atoms with Crippen molar-refractivity contribution in [1.82, 2.24) is 0 Å². The third kappa shape index (κ3) is 2.84. The van der Waals surface area contributed by atoms with Crippen LogP contribution in [0.3, 0.4) is 0 Å². The second-order valence-electron chi connectivity index (χ2n) is 4.89. The highest BCUT2D eigenvalue weighted by atomic mass is 32.1. The Morgan fingerprint density at radius 2 is 2.29 bits per heavy atom. The van der Waals surface area contributed by atoms with E-state index in [9.17, 15) is 4.79 Å². The number of ketones is 1. The maximum absolute atomic E-state index is 12.3. The SMILES string of the molecule is C[C@H](CO)Nc1ccc2c(c1)O/C(=C\c1cccs1)C2=O. The number of carbonyl (C=O) groups is 1. The lowest BCUT2D eigenvalue weighted by atomic mass is 10.1. The second kappa shape index (κ2) is 5.71. The quantitative estimate of drug-likeness (QED) is 0.852. The number of thiophene rings is 1. The minimum absolute atomic E-state index is 0.0421. The Balaban J connectivity index is 1.86. The predicted octanol–water partition coefficient (Wildman–Crippen LogP) is 3.16. The van der Waals surface area contributed by atoms with Crippen molar-refractivity contribution in [3.05, 3.63) is 51.9 Å². The first-order valence-electron chi connectivity index (χ1n) is 6.66. The van der Waals surface area contributed by atoms with Crippen LogP contribution in [0, 0.1) is 0 Å². The number of carbonyl (C=O) groups excluding carboxylic acids is 1. The van der Waals surface area contributed by atoms with E-state index in [0.29, 0.717) is 17.1 Å². The number of benzene rings is 1. The predicted molar refractivity (Wildman–Crippen MR) is 83.9 cm³/mol. The molecule has 1 aromatic heterocycles. The number of hydrogen-bond donors (Lipinski definition) is 2. The van der Waals surface area contributed by atoms with Crippen molar-refractivity contribution >= 4 is 28.9 Å². The standard InChI is InChI=1S/C16H15NO3S/c1-10(9-18)17-11-4-5-13-14(7-11)20-15(16(13)19)8-12-3-2-6-21-12/h2-8,10,17-18H,9H2,1H3/b15-8-/t10-/m1/s1. The molecule has 2 aromatic rings. The fourth-order valence-electron chi connectivity index (χ4n) is 2.11. The van der Waals surface area contributed by atoms with Gasteiger partial charge in [-0.25, -0.2) is 0 Å². The first-order valence-corrected chi connectivity index (χ1v) is 7.54. The van der Waals surface area contributed by atoms with Gasteiger partial charge in [-0.1, -0.05) is 6.07 Å². The van der Waals surface area contributed by atoms with Gasteiger partial charge in [0, 0.05) is 28.7 Å². The molecule has 0 amide bonds. The average Bonchev–Trinajstić information content (AvgIpc) is 3.08. The van der Waals surface area contributed by atoms with Crippen LogP contribution < -0.4 is 10.1 Å². The first kappa shape index (κ1) is 13.9. The van der Waals surface area contributed by atoms with Crippen LogP contribution in [0.5, 0.6) is 5.75 Å². The lowest BCUT2D eigenvalue weighted by molar-refractivity contribution is 0.101. The summed E-state index contributed by atoms with van der Waals surface area (Å²) < 4.78 is 5.66. The van der Waals surface area contributed by atoms with Gasteiger partial charge in [-0.05, 0) is 30.5 Å². The summed E-state index contributed by atoms with van der Waals surface area (Å²) in [5, 5.41) is 14.2. The van der Waals surface area contributed by atoms with Crippen molar-refractivity contribution < 1.29 is 14.6 Å². The summed E-state index contributed by atoms with van der Waals surface area (Å²) in [6, 6.07) is 9.17. The van der Waals surface area contributed by atoms with Gasteiger partial charge in [0.1, 0.15) is 5.75 Å². The third-order valence-electron chi connectivity index (χ3n) is 3.17. The minimum Gasteiger partial charge on any atom is -0.452 e. The molecule has 0 unspecified atom stereocenters. The van der Waals surface area contributed by atoms with Crippen LogP contribution in [0.25, 0.3) is 6.08 Å². The third-order valence-corrected chi connectivity index (χ3v) is 3.99. The fraction of sp³-hybridized carbons (Fsp3) is 0.188. The van der Waals surface area contributed by atoms with E-state index in [1.807, 2.05) is 30.5 Å². The monoisotopic (exact) mass is 301 g/mol. The highest BCUT2D eigenvalue weighted by molar-refractivity contribution is 7.10. The molecule has 4 nitrogen and oxygen atoms in total. The summed E-state index contributed by atoms with van der Waals surface area (Å²) in [6.45, 7) is 1.92. The molecule has 1 atom stereocenters. The number of rotatable bonds is 4. The zero-order valence-corrected chi connectivity index (χ0v) is 12.3. The van der Waals surface area contributed by atoms with Crippen LogP contribution in [0.4, 0.5) is 5.69 Å². The Morgan fingerprint density at radius 3 is 3.00 bits per heavy atom. The van der Waals surface area contributed by atoms with Crippen molar-refractivity contribution in [3.8, 4) is 5.75 Å². The van der Waals surface area contributed by atoms with Gasteiger partial charge in [0.25, 0.3) is 0 Å². The molecule has 2 N–H and O–H groups in total. The van der Waals surface area contributed by atoms with Gasteiger partial charge in [0.2, 0.25) is 5.78 Å². The van der Waals surface area contributed by atoms with Gasteiger partial charge in [0.15, 0.2) is 5.76 Å². The zero-order chi connectivity index (χ0) is 14.8. The van der Waals surface area contributed by atoms with E-state index in [1.54, 1.807) is 29.5 Å². The van der Waals surface area contributed by atoms with Crippen LogP contribution in [0.1, 0.15) is 22.2 Å². The van der Waals surface area contributed by atoms with Gasteiger partial charge in [-0.2, -0.15) is 0 Å². The van der Waals surface area contributed by atoms with Crippen molar-refractivity contribution in [2.45, 2.75) is 13.0 Å². The number of fused-ring (bicyclic) bond motifs is 1. The summed E-state index contributed by atoms with van der Waals surface area (Å²) in [6.07, 6.45) is 1.76. The van der Waals surface area contributed by atoms with Crippen LogP contribution >= 0.6 is 11.3 Å². The fourth-order valence-corrected chi connectivity index (χ4v) is 2.76. The van der Waals surface area contributed by atoms with Crippen LogP contribution in [0.2, 0.25) is 0 Å². The molecule has 3 rings (SSSR count). The van der Waals surface area contributed by atoms with Crippen molar-refractivity contribution in [2.24, 2.45) is 0 Å². The van der Waals surface area contributed by atoms with E-state index in [4.69, 9.17) is 9.84 Å². The summed E-state index contributed by atoms with van der Waals surface area (Å²) >= 11 is 1.56. The molecule has 0 bridgehead atoms. The first-order chi connectivity index (χ1) is 10.2. The van der Waals surface area contributed by atoms with Gasteiger partial charge in [-0.3, -0.25) is 4.79 Å². The largest absolute Gasteiger partial charge is 0.452 e. The second-order valence-corrected chi connectivity index (χ2v) is 5.87. The number of ether oxygens (including phenoxy) is 1. The molecule has 1 aromatic carbocycles. The van der Waals surface area contributed by atoms with Gasteiger partial charge < -0.3 is 15.2 Å². The maximum atomic E-state index is 12.3. The number of allylic oxidation sites excluding steroid dienone is 1. The molecular weight excluding hydrogens is 286 g/mol. The summed E-state index contributed by atoms with van der Waals surface area (Å²) in [7, 11) is 0. The van der Waals surface area contributed by atoms with Crippen LogP contribution in [-0.4, -0.2) is 23.5 Å². The molecule has 0 aliphatic carbocycles. The van der Waals surface area contributed by atoms with Crippen molar-refractivity contribution in [3.63, 3.8) is 0 Å². The topological polar surface area (TPSA) is 58.6 Å². The van der Waals surface area contributed by atoms with Gasteiger partial charge >= 0.3 is 0 Å². The number of nitrogens with one attached hydrogen (secondary N) is 1. The Labute approximate surface area is 126 Å². The molecule has 0 saturated carbocycles. The molecule has 21 heavy (non-hydrogen) atoms. The smallest absolute Gasteiger partial charge is 0.231 e. The number of aliphatic hydroxyl groups excluding tert-OH is 1. The Kier molecular flexibility index (Phi) is 3.77. The van der Waals surface area contributed by atoms with Crippen LogP contribution in [0.15, 0.2) is 41.5 Å². The lowest BCUT2D eigenvalue weighted by Crippen LogP contribution is -2.19. The number of anilines is 1. The molecule has 0 fully saturated rings. The van der Waals surface area contributed by atoms with Crippen molar-refractivity contribution in [1.29, 1.82) is 0 Å². The number of Topliss-reactive ketones (excluding diaryl/α,β-unsaturated/α-hetero) is 1. The van der Waals surface area contributed by atoms with E-state index in [2.05, 4.69) is 5.32 Å². The molecular formula is C16H15NO3S. The molecule has 0 radical (unpaired) electrons. The average molecular weight is 301 g/mol. The Morgan fingerprint density at radius 1 is 1.43 bits per heavy atom. The zero-order valence-electron chi connectivity index (χ0n) is 11.5. The molecule has 0 saturated heterocycles. The van der Waals surface area contributed by atoms with E-state index in [0.717, 1.165) is 10.6 Å². The maximum Gasteiger partial charge on any atom is 0.231 e. The molecule has 2 heterocycles. The van der Waals surface area contributed by atoms with Crippen molar-refractivity contribution in [2.75, 3.05) is 11.9 Å². The number of aliphatic hydroxyl groups is 1. The summed E-state index contributed by atoms with van der Waals surface area (Å²) in [5.74, 6) is 0.804. The Bertz CT molecular complexity index is 692. The normalized spacial score (nSPS) is 16.7. The molecule has 1 aliphatic rings. The highest BCUT2D eigenvalue weighted by Gasteiger charge is 2.27. The molecule has 108 valence electrons. The van der Waals surface area contributed by atoms with E-state index in [1.165, 1.54) is 0 Å². The highest BCUT2D eigenvalue weighted by Crippen LogP contribution is 2.34. The van der Waals surface area contributed by atoms with E-state index < -0.39 is 0 Å². The van der Waals surface area contributed by atoms with E-state index in [-0.39, 0.29) is 18.4 Å². The minimum atomic E-state index is -0.0971. The lowest BCUT2D eigenvalue weighted by Gasteiger charge is -2.12. The molecule has 5 heteroatoms. The number of hydrogen-bond acceptors (Lipinski definition) is 5. The summed E-state index contributed by atoms with van der Waals surface area (Å²) in [4.78, 5) is 13.2. The van der Waals surface area contributed by atoms with Gasteiger partial charge in [-0.15, -0.1) is 11.3 Å². The molecule has 0 spiro atoms. The Hall–Kier alpha value is -2.11. The summed E-state index contributed by atoms with van der Waals surface area (Å²) in [5.41, 5.74) is 1.39.